The number of nitrogens with one attached hydrogen (secondary N) is 1. The predicted octanol–water partition coefficient (Wildman–Crippen LogP) is 3.18. The van der Waals surface area contributed by atoms with E-state index in [1.165, 1.54) is 5.56 Å². The number of ether oxygens (including phenoxy) is 1. The lowest BCUT2D eigenvalue weighted by Crippen LogP contribution is -2.39. The van der Waals surface area contributed by atoms with Gasteiger partial charge in [-0.05, 0) is 75.7 Å². The lowest BCUT2D eigenvalue weighted by Gasteiger charge is -2.29. The van der Waals surface area contributed by atoms with E-state index in [1.54, 1.807) is 6.33 Å². The molecule has 7 nitrogen and oxygen atoms in total. The van der Waals surface area contributed by atoms with Crippen molar-refractivity contribution in [3.8, 4) is 5.75 Å². The molecule has 1 saturated heterocycles. The minimum atomic E-state index is 0.160. The number of nitrogens with zero attached hydrogens (tertiary/aromatic N) is 4. The van der Waals surface area contributed by atoms with Crippen molar-refractivity contribution in [3.05, 3.63) is 48.4 Å². The number of aromatic nitrogens is 3. The Morgan fingerprint density at radius 2 is 1.93 bits per heavy atom. The average Bonchev–Trinajstić information content (AvgIpc) is 3.09. The number of nitrogens with two attached hydrogens (primary N) is 1. The van der Waals surface area contributed by atoms with Gasteiger partial charge in [-0.25, -0.2) is 9.50 Å². The van der Waals surface area contributed by atoms with Crippen molar-refractivity contribution in [3.63, 3.8) is 0 Å². The molecule has 3 heterocycles. The molecule has 3 N–H and O–H groups in total. The van der Waals surface area contributed by atoms with E-state index in [2.05, 4.69) is 26.4 Å². The molecule has 7 heteroatoms. The number of piperidine rings is 1. The van der Waals surface area contributed by atoms with Gasteiger partial charge in [-0.2, -0.15) is 5.10 Å². The molecule has 1 fully saturated rings. The second kappa shape index (κ2) is 8.16. The second-order valence-electron chi connectivity index (χ2n) is 7.67. The first kappa shape index (κ1) is 18.7. The molecule has 0 amide bonds. The van der Waals surface area contributed by atoms with Gasteiger partial charge in [0.05, 0.1) is 6.10 Å². The number of anilines is 2. The highest BCUT2D eigenvalue weighted by molar-refractivity contribution is 5.76. The molecule has 0 saturated carbocycles. The molecule has 148 valence electrons. The zero-order valence-corrected chi connectivity index (χ0v) is 16.5. The first-order valence-electron chi connectivity index (χ1n) is 9.91. The molecular formula is C21H28N6O. The van der Waals surface area contributed by atoms with Gasteiger partial charge in [-0.3, -0.25) is 4.90 Å². The molecule has 0 atom stereocenters. The quantitative estimate of drug-likeness (QED) is 0.684. The molecule has 0 bridgehead atoms. The first-order chi connectivity index (χ1) is 13.6. The van der Waals surface area contributed by atoms with Crippen LogP contribution in [0.5, 0.6) is 5.75 Å². The standard InChI is InChI=1S/C21H28N6O/c1-15(2)28-19-5-3-18(4-6-19)25-21-20-16(7-12-27(20)24-14-23-21)13-26-10-8-17(22)9-11-26/h3-7,12,14-15,17H,8-11,13,22H2,1-2H3,(H,23,24,25). The Labute approximate surface area is 165 Å². The van der Waals surface area contributed by atoms with Crippen LogP contribution in [0.1, 0.15) is 32.3 Å². The fourth-order valence-corrected chi connectivity index (χ4v) is 3.62. The maximum absolute atomic E-state index is 6.04. The van der Waals surface area contributed by atoms with Crippen LogP contribution < -0.4 is 15.8 Å². The van der Waals surface area contributed by atoms with Crippen molar-refractivity contribution in [1.82, 2.24) is 19.5 Å². The van der Waals surface area contributed by atoms with Gasteiger partial charge in [0, 0.05) is 24.5 Å². The van der Waals surface area contributed by atoms with E-state index in [4.69, 9.17) is 10.5 Å². The van der Waals surface area contributed by atoms with E-state index >= 15 is 0 Å². The number of fused-ring (bicyclic) bond motifs is 1. The molecule has 3 aromatic rings. The van der Waals surface area contributed by atoms with Crippen LogP contribution in [-0.2, 0) is 6.54 Å². The lowest BCUT2D eigenvalue weighted by molar-refractivity contribution is 0.206. The van der Waals surface area contributed by atoms with Gasteiger partial charge in [0.15, 0.2) is 5.82 Å². The normalized spacial score (nSPS) is 16.0. The third kappa shape index (κ3) is 4.26. The molecular weight excluding hydrogens is 352 g/mol. The van der Waals surface area contributed by atoms with Crippen LogP contribution in [0, 0.1) is 0 Å². The number of benzene rings is 1. The summed E-state index contributed by atoms with van der Waals surface area (Å²) >= 11 is 0. The average molecular weight is 380 g/mol. The summed E-state index contributed by atoms with van der Waals surface area (Å²) in [7, 11) is 0. The van der Waals surface area contributed by atoms with Gasteiger partial charge >= 0.3 is 0 Å². The van der Waals surface area contributed by atoms with Crippen LogP contribution in [0.15, 0.2) is 42.9 Å². The van der Waals surface area contributed by atoms with Crippen molar-refractivity contribution in [2.75, 3.05) is 18.4 Å². The highest BCUT2D eigenvalue weighted by Crippen LogP contribution is 2.26. The Kier molecular flexibility index (Phi) is 5.45. The van der Waals surface area contributed by atoms with Crippen LogP contribution in [0.4, 0.5) is 11.5 Å². The zero-order chi connectivity index (χ0) is 19.5. The van der Waals surface area contributed by atoms with Crippen molar-refractivity contribution in [2.24, 2.45) is 5.73 Å². The maximum atomic E-state index is 6.04. The van der Waals surface area contributed by atoms with Gasteiger partial charge in [0.2, 0.25) is 0 Å². The summed E-state index contributed by atoms with van der Waals surface area (Å²) in [6.45, 7) is 6.99. The minimum absolute atomic E-state index is 0.160. The molecule has 28 heavy (non-hydrogen) atoms. The van der Waals surface area contributed by atoms with Crippen molar-refractivity contribution >= 4 is 17.0 Å². The van der Waals surface area contributed by atoms with E-state index in [0.29, 0.717) is 6.04 Å². The van der Waals surface area contributed by atoms with Gasteiger partial charge in [0.1, 0.15) is 17.6 Å². The van der Waals surface area contributed by atoms with Gasteiger partial charge in [-0.1, -0.05) is 0 Å². The summed E-state index contributed by atoms with van der Waals surface area (Å²) in [4.78, 5) is 6.95. The zero-order valence-electron chi connectivity index (χ0n) is 16.5. The predicted molar refractivity (Wildman–Crippen MR) is 111 cm³/mol. The Morgan fingerprint density at radius 3 is 2.64 bits per heavy atom. The summed E-state index contributed by atoms with van der Waals surface area (Å²) < 4.78 is 7.60. The molecule has 0 aliphatic carbocycles. The third-order valence-corrected chi connectivity index (χ3v) is 5.05. The fourth-order valence-electron chi connectivity index (χ4n) is 3.62. The number of hydrogen-bond acceptors (Lipinski definition) is 6. The Bertz CT molecular complexity index is 912. The highest BCUT2D eigenvalue weighted by Gasteiger charge is 2.18. The summed E-state index contributed by atoms with van der Waals surface area (Å²) in [5, 5.41) is 7.80. The van der Waals surface area contributed by atoms with E-state index in [0.717, 1.165) is 55.2 Å². The molecule has 1 aromatic carbocycles. The molecule has 0 radical (unpaired) electrons. The summed E-state index contributed by atoms with van der Waals surface area (Å²) in [5.41, 5.74) is 9.24. The number of hydrogen-bond donors (Lipinski definition) is 2. The minimum Gasteiger partial charge on any atom is -0.491 e. The molecule has 4 rings (SSSR count). The van der Waals surface area contributed by atoms with Crippen molar-refractivity contribution in [2.45, 2.75) is 45.4 Å². The highest BCUT2D eigenvalue weighted by atomic mass is 16.5. The van der Waals surface area contributed by atoms with Gasteiger partial charge in [-0.15, -0.1) is 0 Å². The smallest absolute Gasteiger partial charge is 0.158 e. The topological polar surface area (TPSA) is 80.7 Å². The molecule has 0 spiro atoms. The number of rotatable bonds is 6. The molecule has 2 aromatic heterocycles. The van der Waals surface area contributed by atoms with Crippen LogP contribution >= 0.6 is 0 Å². The van der Waals surface area contributed by atoms with E-state index in [-0.39, 0.29) is 6.10 Å². The van der Waals surface area contributed by atoms with Gasteiger partial charge < -0.3 is 15.8 Å². The van der Waals surface area contributed by atoms with Crippen molar-refractivity contribution in [1.29, 1.82) is 0 Å². The Balaban J connectivity index is 1.54. The summed E-state index contributed by atoms with van der Waals surface area (Å²) in [5.74, 6) is 1.67. The summed E-state index contributed by atoms with van der Waals surface area (Å²) in [6.07, 6.45) is 5.84. The van der Waals surface area contributed by atoms with E-state index in [9.17, 15) is 0 Å². The maximum Gasteiger partial charge on any atom is 0.158 e. The first-order valence-corrected chi connectivity index (χ1v) is 9.91. The SMILES string of the molecule is CC(C)Oc1ccc(Nc2ncnn3ccc(CN4CCC(N)CC4)c23)cc1. The molecule has 0 unspecified atom stereocenters. The second-order valence-corrected chi connectivity index (χ2v) is 7.67. The Hall–Kier alpha value is -2.64. The molecule has 1 aliphatic heterocycles. The van der Waals surface area contributed by atoms with Gasteiger partial charge in [0.25, 0.3) is 0 Å². The Morgan fingerprint density at radius 1 is 1.18 bits per heavy atom. The van der Waals surface area contributed by atoms with Crippen LogP contribution in [0.3, 0.4) is 0 Å². The van der Waals surface area contributed by atoms with E-state index in [1.807, 2.05) is 48.8 Å². The van der Waals surface area contributed by atoms with Crippen LogP contribution in [-0.4, -0.2) is 44.7 Å². The van der Waals surface area contributed by atoms with E-state index < -0.39 is 0 Å². The summed E-state index contributed by atoms with van der Waals surface area (Å²) in [6, 6.07) is 10.4. The van der Waals surface area contributed by atoms with Crippen LogP contribution in [0.25, 0.3) is 5.52 Å². The largest absolute Gasteiger partial charge is 0.491 e. The number of likely N-dealkylation sites (tertiary alicyclic amines) is 1. The monoisotopic (exact) mass is 380 g/mol. The van der Waals surface area contributed by atoms with Crippen molar-refractivity contribution < 1.29 is 4.74 Å². The van der Waals surface area contributed by atoms with Crippen LogP contribution in [0.2, 0.25) is 0 Å². The third-order valence-electron chi connectivity index (χ3n) is 5.05. The molecule has 1 aliphatic rings. The fraction of sp³-hybridized carbons (Fsp3) is 0.429. The lowest BCUT2D eigenvalue weighted by atomic mass is 10.1.